The molecule has 1 saturated heterocycles. The van der Waals surface area contributed by atoms with E-state index in [9.17, 15) is 9.90 Å². The number of nitrogens with zero attached hydrogens (tertiary/aromatic N) is 2. The van der Waals surface area contributed by atoms with Crippen molar-refractivity contribution in [2.45, 2.75) is 6.04 Å². The Hall–Kier alpha value is -3.12. The molecule has 3 rings (SSSR count). The molecule has 0 aromatic heterocycles. The minimum atomic E-state index is -0.349. The van der Waals surface area contributed by atoms with Crippen LogP contribution in [0.1, 0.15) is 17.2 Å². The molecule has 26 heavy (non-hydrogen) atoms. The van der Waals surface area contributed by atoms with Gasteiger partial charge in [0.05, 0.1) is 12.6 Å². The third kappa shape index (κ3) is 3.32. The van der Waals surface area contributed by atoms with Crippen LogP contribution in [0.25, 0.3) is 5.57 Å². The molecule has 2 aromatic carbocycles. The first-order valence-corrected chi connectivity index (χ1v) is 8.46. The van der Waals surface area contributed by atoms with Gasteiger partial charge in [0, 0.05) is 36.8 Å². The summed E-state index contributed by atoms with van der Waals surface area (Å²) in [6.45, 7) is 0.993. The van der Waals surface area contributed by atoms with Crippen LogP contribution >= 0.6 is 0 Å². The number of allylic oxidation sites excluding steroid dienone is 1. The van der Waals surface area contributed by atoms with Crippen LogP contribution in [0.3, 0.4) is 0 Å². The Morgan fingerprint density at radius 3 is 2.42 bits per heavy atom. The highest BCUT2D eigenvalue weighted by molar-refractivity contribution is 6.08. The number of rotatable bonds is 6. The Balaban J connectivity index is 1.79. The summed E-state index contributed by atoms with van der Waals surface area (Å²) in [6, 6.07) is 16.5. The molecule has 2 aromatic rings. The van der Waals surface area contributed by atoms with Gasteiger partial charge in [-0.3, -0.25) is 4.90 Å². The van der Waals surface area contributed by atoms with Crippen LogP contribution < -0.4 is 10.6 Å². The maximum Gasteiger partial charge on any atom is 0.325 e. The smallest absolute Gasteiger partial charge is 0.325 e. The van der Waals surface area contributed by atoms with Gasteiger partial charge in [0.1, 0.15) is 0 Å². The lowest BCUT2D eigenvalue weighted by molar-refractivity contribution is 0.154. The molecule has 0 aliphatic carbocycles. The summed E-state index contributed by atoms with van der Waals surface area (Å²) in [5.41, 5.74) is 8.66. The zero-order valence-electron chi connectivity index (χ0n) is 14.4. The van der Waals surface area contributed by atoms with Gasteiger partial charge >= 0.3 is 6.03 Å². The van der Waals surface area contributed by atoms with Gasteiger partial charge in [0.2, 0.25) is 0 Å². The summed E-state index contributed by atoms with van der Waals surface area (Å²) >= 11 is 0. The zero-order chi connectivity index (χ0) is 18.5. The monoisotopic (exact) mass is 350 g/mol. The Labute approximate surface area is 152 Å². The van der Waals surface area contributed by atoms with Gasteiger partial charge in [0.15, 0.2) is 0 Å². The Morgan fingerprint density at radius 1 is 1.15 bits per heavy atom. The highest BCUT2D eigenvalue weighted by Gasteiger charge is 2.34. The number of nitrogens with one attached hydrogen (secondary N) is 1. The molecular weight excluding hydrogens is 328 g/mol. The molecule has 0 saturated carbocycles. The summed E-state index contributed by atoms with van der Waals surface area (Å²) in [5, 5.41) is 17.2. The second-order valence-electron chi connectivity index (χ2n) is 6.05. The van der Waals surface area contributed by atoms with Crippen LogP contribution in [-0.4, -0.2) is 41.9 Å². The van der Waals surface area contributed by atoms with Crippen molar-refractivity contribution in [2.75, 3.05) is 24.6 Å². The average molecular weight is 350 g/mol. The van der Waals surface area contributed by atoms with Crippen molar-refractivity contribution >= 4 is 23.5 Å². The van der Waals surface area contributed by atoms with Crippen LogP contribution in [-0.2, 0) is 0 Å². The predicted molar refractivity (Wildman–Crippen MR) is 103 cm³/mol. The first-order valence-electron chi connectivity index (χ1n) is 8.46. The number of benzene rings is 2. The lowest BCUT2D eigenvalue weighted by Gasteiger charge is -2.26. The molecule has 1 aliphatic rings. The molecule has 2 amide bonds. The van der Waals surface area contributed by atoms with Crippen LogP contribution in [0.15, 0.2) is 60.8 Å². The van der Waals surface area contributed by atoms with Crippen molar-refractivity contribution in [2.24, 2.45) is 5.73 Å². The topological polar surface area (TPSA) is 93.7 Å². The number of anilines is 1. The Morgan fingerprint density at radius 2 is 1.85 bits per heavy atom. The molecule has 1 heterocycles. The molecule has 4 N–H and O–H groups in total. The van der Waals surface area contributed by atoms with Crippen molar-refractivity contribution < 1.29 is 9.90 Å². The summed E-state index contributed by atoms with van der Waals surface area (Å²) in [7, 11) is 0. The molecule has 6 nitrogen and oxygen atoms in total. The third-order valence-corrected chi connectivity index (χ3v) is 4.62. The molecule has 0 radical (unpaired) electrons. The number of carbonyl (C=O) groups is 1. The van der Waals surface area contributed by atoms with E-state index in [2.05, 4.69) is 0 Å². The Bertz CT molecular complexity index is 802. The van der Waals surface area contributed by atoms with Crippen molar-refractivity contribution in [3.8, 4) is 0 Å². The van der Waals surface area contributed by atoms with E-state index in [1.807, 2.05) is 54.6 Å². The molecule has 0 spiro atoms. The summed E-state index contributed by atoms with van der Waals surface area (Å²) in [4.78, 5) is 16.3. The van der Waals surface area contributed by atoms with Gasteiger partial charge in [-0.25, -0.2) is 4.79 Å². The fourth-order valence-corrected chi connectivity index (χ4v) is 3.20. The first-order chi connectivity index (χ1) is 12.7. The highest BCUT2D eigenvalue weighted by Crippen LogP contribution is 2.28. The SMILES string of the molecule is N=C/C(=C\N)c1ccc(N2CCN(C(CO)c3ccccc3)C2=O)cc1. The first kappa shape index (κ1) is 17.7. The van der Waals surface area contributed by atoms with Gasteiger partial charge in [-0.05, 0) is 23.3 Å². The maximum atomic E-state index is 12.9. The number of carbonyl (C=O) groups excluding carboxylic acids is 1. The molecule has 1 atom stereocenters. The highest BCUT2D eigenvalue weighted by atomic mass is 16.3. The minimum absolute atomic E-state index is 0.119. The van der Waals surface area contributed by atoms with E-state index >= 15 is 0 Å². The predicted octanol–water partition coefficient (Wildman–Crippen LogP) is 2.61. The van der Waals surface area contributed by atoms with E-state index in [0.29, 0.717) is 18.7 Å². The zero-order valence-corrected chi connectivity index (χ0v) is 14.4. The fourth-order valence-electron chi connectivity index (χ4n) is 3.20. The van der Waals surface area contributed by atoms with Gasteiger partial charge < -0.3 is 21.1 Å². The second-order valence-corrected chi connectivity index (χ2v) is 6.05. The van der Waals surface area contributed by atoms with Crippen molar-refractivity contribution in [3.05, 3.63) is 71.9 Å². The van der Waals surface area contributed by atoms with Gasteiger partial charge in [-0.1, -0.05) is 42.5 Å². The van der Waals surface area contributed by atoms with E-state index in [1.54, 1.807) is 9.80 Å². The number of hydrogen-bond donors (Lipinski definition) is 3. The number of aliphatic hydroxyl groups excluding tert-OH is 1. The van der Waals surface area contributed by atoms with Gasteiger partial charge in [0.25, 0.3) is 0 Å². The summed E-state index contributed by atoms with van der Waals surface area (Å²) < 4.78 is 0. The molecule has 1 fully saturated rings. The molecular formula is C20H22N4O2. The number of amides is 2. The van der Waals surface area contributed by atoms with E-state index in [0.717, 1.165) is 16.8 Å². The lowest BCUT2D eigenvalue weighted by Crippen LogP contribution is -2.36. The van der Waals surface area contributed by atoms with Crippen molar-refractivity contribution in [1.82, 2.24) is 4.90 Å². The average Bonchev–Trinajstić information content (AvgIpc) is 3.06. The standard InChI is InChI=1S/C20H22N4O2/c21-12-17(13-22)15-6-8-18(9-7-15)23-10-11-24(20(23)26)19(14-25)16-4-2-1-3-5-16/h1-9,12-13,19,21,25H,10-11,14,22H2/b17-13+,21-12?. The fraction of sp³-hybridized carbons (Fsp3) is 0.200. The minimum Gasteiger partial charge on any atom is -0.404 e. The largest absolute Gasteiger partial charge is 0.404 e. The molecule has 0 bridgehead atoms. The van der Waals surface area contributed by atoms with Crippen LogP contribution in [0.2, 0.25) is 0 Å². The number of urea groups is 1. The van der Waals surface area contributed by atoms with Crippen LogP contribution in [0.4, 0.5) is 10.5 Å². The third-order valence-electron chi connectivity index (χ3n) is 4.62. The van der Waals surface area contributed by atoms with Gasteiger partial charge in [-0.2, -0.15) is 0 Å². The second kappa shape index (κ2) is 7.84. The Kier molecular flexibility index (Phi) is 5.34. The van der Waals surface area contributed by atoms with Crippen LogP contribution in [0, 0.1) is 5.41 Å². The molecule has 6 heteroatoms. The maximum absolute atomic E-state index is 12.9. The van der Waals surface area contributed by atoms with Gasteiger partial charge in [-0.15, -0.1) is 0 Å². The number of hydrogen-bond acceptors (Lipinski definition) is 4. The molecule has 1 unspecified atom stereocenters. The van der Waals surface area contributed by atoms with E-state index in [1.165, 1.54) is 12.4 Å². The quantitative estimate of drug-likeness (QED) is 0.699. The number of aliphatic hydroxyl groups is 1. The van der Waals surface area contributed by atoms with E-state index < -0.39 is 0 Å². The summed E-state index contributed by atoms with van der Waals surface area (Å²) in [5.74, 6) is 0. The normalized spacial score (nSPS) is 16.0. The van der Waals surface area contributed by atoms with Crippen molar-refractivity contribution in [1.29, 1.82) is 5.41 Å². The summed E-state index contributed by atoms with van der Waals surface area (Å²) in [6.07, 6.45) is 2.58. The van der Waals surface area contributed by atoms with Crippen LogP contribution in [0.5, 0.6) is 0 Å². The van der Waals surface area contributed by atoms with E-state index in [4.69, 9.17) is 11.1 Å². The lowest BCUT2D eigenvalue weighted by atomic mass is 10.1. The molecule has 1 aliphatic heterocycles. The molecule has 134 valence electrons. The van der Waals surface area contributed by atoms with E-state index in [-0.39, 0.29) is 18.7 Å². The number of nitrogens with two attached hydrogens (primary N) is 1. The van der Waals surface area contributed by atoms with Crippen molar-refractivity contribution in [3.63, 3.8) is 0 Å².